The summed E-state index contributed by atoms with van der Waals surface area (Å²) in [6.45, 7) is 5.43. The van der Waals surface area contributed by atoms with Crippen molar-refractivity contribution in [2.75, 3.05) is 11.4 Å². The van der Waals surface area contributed by atoms with Crippen LogP contribution in [0.25, 0.3) is 5.69 Å². The molecule has 0 atom stereocenters. The van der Waals surface area contributed by atoms with Crippen molar-refractivity contribution in [1.82, 2.24) is 14.1 Å². The van der Waals surface area contributed by atoms with Gasteiger partial charge < -0.3 is 0 Å². The van der Waals surface area contributed by atoms with Gasteiger partial charge in [0, 0.05) is 5.69 Å². The van der Waals surface area contributed by atoms with E-state index in [0.717, 1.165) is 26.9 Å². The molecule has 0 unspecified atom stereocenters. The Balaban J connectivity index is 1.63. The van der Waals surface area contributed by atoms with Gasteiger partial charge in [0.2, 0.25) is 0 Å². The van der Waals surface area contributed by atoms with Crippen molar-refractivity contribution in [2.24, 2.45) is 0 Å². The number of thiocarbonyl (C=S) groups is 1. The van der Waals surface area contributed by atoms with Crippen LogP contribution in [0.1, 0.15) is 17.0 Å². The molecule has 154 valence electrons. The van der Waals surface area contributed by atoms with E-state index in [1.165, 1.54) is 17.0 Å². The van der Waals surface area contributed by atoms with Gasteiger partial charge in [0.25, 0.3) is 15.9 Å². The van der Waals surface area contributed by atoms with Gasteiger partial charge in [-0.15, -0.1) is 0 Å². The van der Waals surface area contributed by atoms with Crippen LogP contribution in [-0.4, -0.2) is 40.1 Å². The van der Waals surface area contributed by atoms with Gasteiger partial charge in [0.05, 0.1) is 22.0 Å². The quantitative estimate of drug-likeness (QED) is 0.583. The van der Waals surface area contributed by atoms with Crippen LogP contribution in [-0.2, 0) is 14.8 Å². The second-order valence-electron chi connectivity index (χ2n) is 7.19. The molecule has 4 rings (SSSR count). The van der Waals surface area contributed by atoms with Crippen LogP contribution in [0.4, 0.5) is 5.69 Å². The highest BCUT2D eigenvalue weighted by atomic mass is 32.2. The highest BCUT2D eigenvalue weighted by molar-refractivity contribution is 7.91. The van der Waals surface area contributed by atoms with Crippen LogP contribution < -0.4 is 4.90 Å². The third-order valence-corrected chi connectivity index (χ3v) is 7.17. The van der Waals surface area contributed by atoms with E-state index in [0.29, 0.717) is 5.69 Å². The maximum Gasteiger partial charge on any atom is 0.266 e. The number of anilines is 1. The molecule has 0 saturated carbocycles. The molecule has 0 radical (unpaired) electrons. The Morgan fingerprint density at radius 1 is 0.933 bits per heavy atom. The molecule has 1 fully saturated rings. The van der Waals surface area contributed by atoms with E-state index < -0.39 is 10.0 Å². The van der Waals surface area contributed by atoms with E-state index in [4.69, 9.17) is 12.2 Å². The Kier molecular flexibility index (Phi) is 4.95. The molecule has 1 amide bonds. The first-order valence-corrected chi connectivity index (χ1v) is 11.1. The predicted molar refractivity (Wildman–Crippen MR) is 118 cm³/mol. The molecule has 2 heterocycles. The molecule has 30 heavy (non-hydrogen) atoms. The Labute approximate surface area is 180 Å². The fraction of sp³-hybridized carbons (Fsp3) is 0.190. The largest absolute Gasteiger partial charge is 0.272 e. The van der Waals surface area contributed by atoms with Crippen molar-refractivity contribution < 1.29 is 13.2 Å². The van der Waals surface area contributed by atoms with Crippen LogP contribution in [0.15, 0.2) is 59.5 Å². The van der Waals surface area contributed by atoms with Crippen molar-refractivity contribution in [2.45, 2.75) is 25.7 Å². The SMILES string of the molecule is Cc1ccc(N2C(=O)CN(S(=O)(=O)c3ccc(-n4nc(C)cc4C)cc3)C2=S)cc1. The number of amides is 1. The Morgan fingerprint density at radius 3 is 2.10 bits per heavy atom. The van der Waals surface area contributed by atoms with Gasteiger partial charge in [0.15, 0.2) is 5.11 Å². The monoisotopic (exact) mass is 440 g/mol. The number of nitrogens with zero attached hydrogens (tertiary/aromatic N) is 4. The van der Waals surface area contributed by atoms with Crippen molar-refractivity contribution in [3.63, 3.8) is 0 Å². The average molecular weight is 441 g/mol. The minimum atomic E-state index is -3.97. The summed E-state index contributed by atoms with van der Waals surface area (Å²) in [6.07, 6.45) is 0. The van der Waals surface area contributed by atoms with Gasteiger partial charge >= 0.3 is 0 Å². The first-order chi connectivity index (χ1) is 14.2. The third kappa shape index (κ3) is 3.40. The number of benzene rings is 2. The van der Waals surface area contributed by atoms with E-state index in [1.807, 2.05) is 39.0 Å². The topological polar surface area (TPSA) is 75.5 Å². The Morgan fingerprint density at radius 2 is 1.53 bits per heavy atom. The van der Waals surface area contributed by atoms with Crippen molar-refractivity contribution in [3.8, 4) is 5.69 Å². The average Bonchev–Trinajstić information content (AvgIpc) is 3.21. The van der Waals surface area contributed by atoms with Crippen LogP contribution in [0.5, 0.6) is 0 Å². The van der Waals surface area contributed by atoms with Crippen LogP contribution in [0.3, 0.4) is 0 Å². The van der Waals surface area contributed by atoms with E-state index in [1.54, 1.807) is 28.9 Å². The normalized spacial score (nSPS) is 14.6. The van der Waals surface area contributed by atoms with E-state index >= 15 is 0 Å². The van der Waals surface area contributed by atoms with E-state index in [-0.39, 0.29) is 22.5 Å². The standard InChI is InChI=1S/C21H20N4O3S2/c1-14-4-6-17(7-5-14)24-20(26)13-23(21(24)29)30(27,28)19-10-8-18(9-11-19)25-16(3)12-15(2)22-25/h4-12H,13H2,1-3H3. The first-order valence-electron chi connectivity index (χ1n) is 9.28. The molecule has 0 spiro atoms. The molecule has 7 nitrogen and oxygen atoms in total. The lowest BCUT2D eigenvalue weighted by molar-refractivity contribution is -0.116. The van der Waals surface area contributed by atoms with Gasteiger partial charge in [-0.1, -0.05) is 17.7 Å². The minimum absolute atomic E-state index is 0.0496. The van der Waals surface area contributed by atoms with Crippen molar-refractivity contribution in [1.29, 1.82) is 0 Å². The van der Waals surface area contributed by atoms with Crippen LogP contribution in [0.2, 0.25) is 0 Å². The summed E-state index contributed by atoms with van der Waals surface area (Å²) in [5, 5.41) is 4.36. The maximum atomic E-state index is 13.2. The molecular weight excluding hydrogens is 420 g/mol. The number of hydrogen-bond acceptors (Lipinski definition) is 5. The fourth-order valence-electron chi connectivity index (χ4n) is 3.39. The number of sulfonamides is 1. The van der Waals surface area contributed by atoms with Gasteiger partial charge in [0.1, 0.15) is 6.54 Å². The number of rotatable bonds is 4. The van der Waals surface area contributed by atoms with Crippen molar-refractivity contribution >= 4 is 38.9 Å². The molecule has 1 aromatic heterocycles. The number of carbonyl (C=O) groups excluding carboxylic acids is 1. The zero-order chi connectivity index (χ0) is 21.6. The lowest BCUT2D eigenvalue weighted by Crippen LogP contribution is -2.36. The second kappa shape index (κ2) is 7.33. The molecule has 9 heteroatoms. The van der Waals surface area contributed by atoms with Crippen LogP contribution in [0, 0.1) is 20.8 Å². The van der Waals surface area contributed by atoms with Gasteiger partial charge in [-0.05, 0) is 75.5 Å². The van der Waals surface area contributed by atoms with Crippen molar-refractivity contribution in [3.05, 3.63) is 71.5 Å². The highest BCUT2D eigenvalue weighted by Crippen LogP contribution is 2.27. The summed E-state index contributed by atoms with van der Waals surface area (Å²) in [6, 6.07) is 15.5. The van der Waals surface area contributed by atoms with Gasteiger partial charge in [-0.25, -0.2) is 17.4 Å². The van der Waals surface area contributed by atoms with Crippen LogP contribution >= 0.6 is 12.2 Å². The van der Waals surface area contributed by atoms with Gasteiger partial charge in [-0.2, -0.15) is 5.10 Å². The second-order valence-corrected chi connectivity index (χ2v) is 9.42. The lowest BCUT2D eigenvalue weighted by atomic mass is 10.2. The summed E-state index contributed by atoms with van der Waals surface area (Å²) in [4.78, 5) is 13.9. The fourth-order valence-corrected chi connectivity index (χ4v) is 5.26. The summed E-state index contributed by atoms with van der Waals surface area (Å²) in [7, 11) is -3.97. The zero-order valence-corrected chi connectivity index (χ0v) is 18.4. The Bertz CT molecular complexity index is 1250. The summed E-state index contributed by atoms with van der Waals surface area (Å²) in [5.74, 6) is -0.383. The number of hydrogen-bond donors (Lipinski definition) is 0. The number of carbonyl (C=O) groups is 1. The summed E-state index contributed by atoms with van der Waals surface area (Å²) < 4.78 is 29.1. The molecule has 1 saturated heterocycles. The third-order valence-electron chi connectivity index (χ3n) is 4.90. The maximum absolute atomic E-state index is 13.2. The molecule has 0 bridgehead atoms. The smallest absolute Gasteiger partial charge is 0.266 e. The predicted octanol–water partition coefficient (Wildman–Crippen LogP) is 3.12. The lowest BCUT2D eigenvalue weighted by Gasteiger charge is -2.20. The molecule has 0 N–H and O–H groups in total. The van der Waals surface area contributed by atoms with Gasteiger partial charge in [-0.3, -0.25) is 9.69 Å². The summed E-state index contributed by atoms with van der Waals surface area (Å²) >= 11 is 5.36. The summed E-state index contributed by atoms with van der Waals surface area (Å²) in [5.41, 5.74) is 4.15. The number of aromatic nitrogens is 2. The Hall–Kier alpha value is -3.04. The minimum Gasteiger partial charge on any atom is -0.272 e. The first kappa shape index (κ1) is 20.2. The van der Waals surface area contributed by atoms with E-state index in [9.17, 15) is 13.2 Å². The molecule has 1 aliphatic rings. The molecule has 2 aromatic carbocycles. The highest BCUT2D eigenvalue weighted by Gasteiger charge is 2.41. The molecule has 1 aliphatic heterocycles. The zero-order valence-electron chi connectivity index (χ0n) is 16.7. The molecule has 3 aromatic rings. The number of aryl methyl sites for hydroxylation is 3. The van der Waals surface area contributed by atoms with E-state index in [2.05, 4.69) is 5.10 Å². The molecular formula is C21H20N4O3S2. The molecule has 0 aliphatic carbocycles.